The van der Waals surface area contributed by atoms with E-state index < -0.39 is 0 Å². The van der Waals surface area contributed by atoms with Crippen LogP contribution in [-0.4, -0.2) is 4.98 Å². The minimum Gasteiger partial charge on any atom is -0.261 e. The van der Waals surface area contributed by atoms with Gasteiger partial charge in [0.05, 0.1) is 4.83 Å². The Hall–Kier alpha value is -0.930. The van der Waals surface area contributed by atoms with Crippen LogP contribution < -0.4 is 0 Å². The van der Waals surface area contributed by atoms with Crippen LogP contribution in [0.3, 0.4) is 0 Å². The number of aromatic nitrogens is 1. The van der Waals surface area contributed by atoms with Crippen LogP contribution in [0.5, 0.6) is 0 Å². The summed E-state index contributed by atoms with van der Waals surface area (Å²) in [7, 11) is 0. The van der Waals surface area contributed by atoms with Crippen molar-refractivity contribution in [3.8, 4) is 0 Å². The van der Waals surface area contributed by atoms with Gasteiger partial charge in [0, 0.05) is 28.4 Å². The topological polar surface area (TPSA) is 12.9 Å². The van der Waals surface area contributed by atoms with E-state index in [0.717, 1.165) is 5.69 Å². The quantitative estimate of drug-likeness (QED) is 0.713. The van der Waals surface area contributed by atoms with E-state index >= 15 is 0 Å². The Kier molecular flexibility index (Phi) is 4.36. The molecule has 2 atom stereocenters. The van der Waals surface area contributed by atoms with Crippen molar-refractivity contribution in [2.45, 2.75) is 17.7 Å². The van der Waals surface area contributed by atoms with Crippen molar-refractivity contribution >= 4 is 27.5 Å². The van der Waals surface area contributed by atoms with Gasteiger partial charge in [-0.25, -0.2) is 4.39 Å². The molecule has 0 saturated carbocycles. The molecule has 0 saturated heterocycles. The molecule has 2 rings (SSSR count). The van der Waals surface area contributed by atoms with Crippen LogP contribution in [0.15, 0.2) is 42.6 Å². The lowest BCUT2D eigenvalue weighted by atomic mass is 9.97. The summed E-state index contributed by atoms with van der Waals surface area (Å²) in [6.07, 6.45) is 1.73. The number of pyridine rings is 1. The maximum atomic E-state index is 13.8. The molecular weight excluding hydrogens is 317 g/mol. The Balaban J connectivity index is 2.34. The highest BCUT2D eigenvalue weighted by Crippen LogP contribution is 2.41. The summed E-state index contributed by atoms with van der Waals surface area (Å²) >= 11 is 9.59. The zero-order valence-corrected chi connectivity index (χ0v) is 12.1. The van der Waals surface area contributed by atoms with Gasteiger partial charge in [0.1, 0.15) is 5.82 Å². The van der Waals surface area contributed by atoms with E-state index in [9.17, 15) is 4.39 Å². The third-order valence-electron chi connectivity index (χ3n) is 2.87. The van der Waals surface area contributed by atoms with Crippen LogP contribution in [0.1, 0.15) is 28.9 Å². The molecule has 1 nitrogen and oxygen atoms in total. The fourth-order valence-corrected chi connectivity index (χ4v) is 2.97. The van der Waals surface area contributed by atoms with E-state index in [1.165, 1.54) is 6.07 Å². The Morgan fingerprint density at radius 1 is 1.22 bits per heavy atom. The maximum Gasteiger partial charge on any atom is 0.129 e. The second-order valence-corrected chi connectivity index (χ2v) is 5.47. The summed E-state index contributed by atoms with van der Waals surface area (Å²) in [6.45, 7) is 1.99. The molecule has 1 aromatic carbocycles. The molecule has 18 heavy (non-hydrogen) atoms. The molecule has 0 radical (unpaired) electrons. The van der Waals surface area contributed by atoms with Gasteiger partial charge in [-0.15, -0.1) is 0 Å². The fraction of sp³-hybridized carbons (Fsp3) is 0.214. The van der Waals surface area contributed by atoms with Gasteiger partial charge in [0.2, 0.25) is 0 Å². The van der Waals surface area contributed by atoms with Crippen molar-refractivity contribution < 1.29 is 4.39 Å². The van der Waals surface area contributed by atoms with E-state index in [-0.39, 0.29) is 16.6 Å². The molecule has 0 fully saturated rings. The van der Waals surface area contributed by atoms with Gasteiger partial charge in [0.15, 0.2) is 0 Å². The molecule has 0 amide bonds. The molecule has 2 aromatic rings. The highest BCUT2D eigenvalue weighted by atomic mass is 79.9. The number of nitrogens with zero attached hydrogens (tertiary/aromatic N) is 1. The molecule has 0 aliphatic carbocycles. The van der Waals surface area contributed by atoms with Crippen molar-refractivity contribution in [3.63, 3.8) is 0 Å². The van der Waals surface area contributed by atoms with Gasteiger partial charge >= 0.3 is 0 Å². The molecule has 2 unspecified atom stereocenters. The highest BCUT2D eigenvalue weighted by molar-refractivity contribution is 9.09. The predicted octanol–water partition coefficient (Wildman–Crippen LogP) is 5.11. The van der Waals surface area contributed by atoms with Crippen LogP contribution in [0.25, 0.3) is 0 Å². The number of rotatable bonds is 3. The maximum absolute atomic E-state index is 13.8. The summed E-state index contributed by atoms with van der Waals surface area (Å²) < 4.78 is 13.8. The van der Waals surface area contributed by atoms with E-state index in [1.54, 1.807) is 18.3 Å². The highest BCUT2D eigenvalue weighted by Gasteiger charge is 2.23. The van der Waals surface area contributed by atoms with Gasteiger partial charge < -0.3 is 0 Å². The minimum atomic E-state index is -0.299. The average Bonchev–Trinajstić information content (AvgIpc) is 2.38. The normalized spacial score (nSPS) is 14.2. The van der Waals surface area contributed by atoms with Gasteiger partial charge in [-0.1, -0.05) is 46.6 Å². The molecule has 1 aromatic heterocycles. The van der Waals surface area contributed by atoms with Crippen molar-refractivity contribution in [2.75, 3.05) is 0 Å². The molecule has 0 N–H and O–H groups in total. The van der Waals surface area contributed by atoms with Crippen LogP contribution in [0.2, 0.25) is 5.02 Å². The summed E-state index contributed by atoms with van der Waals surface area (Å²) in [5, 5.41) is 0.430. The van der Waals surface area contributed by atoms with Gasteiger partial charge in [0.25, 0.3) is 0 Å². The summed E-state index contributed by atoms with van der Waals surface area (Å²) in [5.41, 5.74) is 1.39. The van der Waals surface area contributed by atoms with E-state index in [2.05, 4.69) is 20.9 Å². The number of alkyl halides is 1. The number of halogens is 3. The lowest BCUT2D eigenvalue weighted by molar-refractivity contribution is 0.594. The molecule has 0 spiro atoms. The third kappa shape index (κ3) is 2.73. The molecule has 4 heteroatoms. The molecular formula is C14H12BrClFN. The zero-order chi connectivity index (χ0) is 13.1. The number of benzene rings is 1. The first-order chi connectivity index (χ1) is 8.61. The van der Waals surface area contributed by atoms with Crippen molar-refractivity contribution in [1.29, 1.82) is 0 Å². The SMILES string of the molecule is CC(c1ccccn1)C(Br)c1c(F)cccc1Cl. The Labute approximate surface area is 119 Å². The summed E-state index contributed by atoms with van der Waals surface area (Å²) in [6, 6.07) is 10.4. The fourth-order valence-electron chi connectivity index (χ4n) is 1.82. The van der Waals surface area contributed by atoms with E-state index in [4.69, 9.17) is 11.6 Å². The number of hydrogen-bond donors (Lipinski definition) is 0. The second-order valence-electron chi connectivity index (χ2n) is 4.08. The van der Waals surface area contributed by atoms with Crippen LogP contribution in [-0.2, 0) is 0 Å². The van der Waals surface area contributed by atoms with Crippen LogP contribution in [0.4, 0.5) is 4.39 Å². The molecule has 1 heterocycles. The summed E-state index contributed by atoms with van der Waals surface area (Å²) in [4.78, 5) is 4.08. The standard InChI is InChI=1S/C14H12BrClFN/c1-9(12-7-2-3-8-18-12)14(15)13-10(16)5-4-6-11(13)17/h2-9,14H,1H3. The minimum absolute atomic E-state index is 0.0283. The smallest absolute Gasteiger partial charge is 0.129 e. The van der Waals surface area contributed by atoms with Crippen LogP contribution in [0, 0.1) is 5.82 Å². The van der Waals surface area contributed by atoms with Crippen molar-refractivity contribution in [1.82, 2.24) is 4.98 Å². The Bertz CT molecular complexity index is 512. The Morgan fingerprint density at radius 3 is 2.61 bits per heavy atom. The largest absolute Gasteiger partial charge is 0.261 e. The molecule has 0 aliphatic rings. The third-order valence-corrected chi connectivity index (χ3v) is 4.45. The van der Waals surface area contributed by atoms with Gasteiger partial charge in [-0.2, -0.15) is 0 Å². The second kappa shape index (κ2) is 5.81. The van der Waals surface area contributed by atoms with Gasteiger partial charge in [-0.05, 0) is 24.3 Å². The lowest BCUT2D eigenvalue weighted by Gasteiger charge is -2.19. The first-order valence-electron chi connectivity index (χ1n) is 5.60. The van der Waals surface area contributed by atoms with Crippen molar-refractivity contribution in [2.24, 2.45) is 0 Å². The first-order valence-corrected chi connectivity index (χ1v) is 6.89. The number of hydrogen-bond acceptors (Lipinski definition) is 1. The zero-order valence-electron chi connectivity index (χ0n) is 9.78. The summed E-state index contributed by atoms with van der Waals surface area (Å²) in [5.74, 6) is -0.271. The van der Waals surface area contributed by atoms with Crippen LogP contribution >= 0.6 is 27.5 Å². The average molecular weight is 329 g/mol. The molecule has 94 valence electrons. The Morgan fingerprint density at radius 2 is 2.00 bits per heavy atom. The van der Waals surface area contributed by atoms with Gasteiger partial charge in [-0.3, -0.25) is 4.98 Å². The molecule has 0 bridgehead atoms. The lowest BCUT2D eigenvalue weighted by Crippen LogP contribution is -2.06. The van der Waals surface area contributed by atoms with E-state index in [0.29, 0.717) is 10.6 Å². The molecule has 0 aliphatic heterocycles. The van der Waals surface area contributed by atoms with E-state index in [1.807, 2.05) is 25.1 Å². The monoisotopic (exact) mass is 327 g/mol. The predicted molar refractivity (Wildman–Crippen MR) is 75.7 cm³/mol. The first kappa shape index (κ1) is 13.5. The van der Waals surface area contributed by atoms with Crippen molar-refractivity contribution in [3.05, 3.63) is 64.7 Å².